The zero-order chi connectivity index (χ0) is 14.9. The van der Waals surface area contributed by atoms with Gasteiger partial charge in [0.25, 0.3) is 0 Å². The topological polar surface area (TPSA) is 87.0 Å². The van der Waals surface area contributed by atoms with Crippen LogP contribution in [0.3, 0.4) is 0 Å². The van der Waals surface area contributed by atoms with Gasteiger partial charge in [0.2, 0.25) is 0 Å². The quantitative estimate of drug-likeness (QED) is 0.621. The third-order valence-corrected chi connectivity index (χ3v) is 5.60. The number of fused-ring (bicyclic) bond motifs is 2. The van der Waals surface area contributed by atoms with Crippen LogP contribution in [0.4, 0.5) is 0 Å². The molecule has 2 rings (SSSR count). The monoisotopic (exact) mass is 286 g/mol. The summed E-state index contributed by atoms with van der Waals surface area (Å²) < 4.78 is 5.63. The van der Waals surface area contributed by atoms with Crippen molar-refractivity contribution in [2.75, 3.05) is 19.8 Å². The second kappa shape index (κ2) is 6.00. The molecule has 2 aliphatic carbocycles. The summed E-state index contributed by atoms with van der Waals surface area (Å²) in [6, 6.07) is 0. The van der Waals surface area contributed by atoms with E-state index in [1.54, 1.807) is 6.92 Å². The van der Waals surface area contributed by atoms with Gasteiger partial charge in [-0.3, -0.25) is 4.79 Å². The molecule has 0 radical (unpaired) electrons. The number of hydrogen-bond acceptors (Lipinski definition) is 5. The first-order chi connectivity index (χ1) is 9.50. The predicted octanol–water partition coefficient (Wildman–Crippen LogP) is 0.564. The minimum atomic E-state index is -0.840. The Labute approximate surface area is 119 Å². The Kier molecular flexibility index (Phi) is 4.72. The predicted molar refractivity (Wildman–Crippen MR) is 72.7 cm³/mol. The summed E-state index contributed by atoms with van der Waals surface area (Å²) in [7, 11) is 0. The van der Waals surface area contributed by atoms with Crippen molar-refractivity contribution in [3.05, 3.63) is 0 Å². The van der Waals surface area contributed by atoms with Gasteiger partial charge < -0.3 is 20.1 Å². The molecule has 0 aliphatic heterocycles. The first-order valence-corrected chi connectivity index (χ1v) is 7.54. The standard InChI is InChI=1S/C15H26O5/c1-3-15(2,8-18)14(19)20-13-5-9-4-10(13)12(7-17)11(9)6-16/h9-13,16-18H,3-8H2,1-2H3. The zero-order valence-electron chi connectivity index (χ0n) is 12.3. The van der Waals surface area contributed by atoms with Gasteiger partial charge in [-0.25, -0.2) is 0 Å². The molecular formula is C15H26O5. The number of esters is 1. The lowest BCUT2D eigenvalue weighted by Gasteiger charge is -2.35. The summed E-state index contributed by atoms with van der Waals surface area (Å²) in [5.74, 6) is 0.291. The third kappa shape index (κ3) is 2.47. The fourth-order valence-electron chi connectivity index (χ4n) is 3.83. The maximum Gasteiger partial charge on any atom is 0.314 e. The molecule has 2 aliphatic rings. The molecule has 0 spiro atoms. The molecule has 2 fully saturated rings. The molecule has 0 amide bonds. The Morgan fingerprint density at radius 2 is 1.85 bits per heavy atom. The molecule has 116 valence electrons. The van der Waals surface area contributed by atoms with E-state index in [1.165, 1.54) is 0 Å². The van der Waals surface area contributed by atoms with Crippen molar-refractivity contribution in [1.29, 1.82) is 0 Å². The lowest BCUT2D eigenvalue weighted by molar-refractivity contribution is -0.168. The van der Waals surface area contributed by atoms with Gasteiger partial charge in [0.15, 0.2) is 0 Å². The van der Waals surface area contributed by atoms with Crippen LogP contribution in [0, 0.1) is 29.1 Å². The summed E-state index contributed by atoms with van der Waals surface area (Å²) >= 11 is 0. The molecule has 20 heavy (non-hydrogen) atoms. The van der Waals surface area contributed by atoms with E-state index >= 15 is 0 Å². The van der Waals surface area contributed by atoms with Crippen LogP contribution in [-0.4, -0.2) is 47.2 Å². The van der Waals surface area contributed by atoms with Gasteiger partial charge in [-0.2, -0.15) is 0 Å². The SMILES string of the molecule is CCC(C)(CO)C(=O)OC1CC2CC1C(CO)C2CO. The Morgan fingerprint density at radius 1 is 1.20 bits per heavy atom. The fraction of sp³-hybridized carbons (Fsp3) is 0.933. The highest BCUT2D eigenvalue weighted by Crippen LogP contribution is 2.53. The number of hydrogen-bond donors (Lipinski definition) is 3. The average molecular weight is 286 g/mol. The second-order valence-electron chi connectivity index (χ2n) is 6.60. The lowest BCUT2D eigenvalue weighted by Crippen LogP contribution is -2.41. The van der Waals surface area contributed by atoms with Crippen LogP contribution < -0.4 is 0 Å². The number of aliphatic hydroxyl groups excluding tert-OH is 3. The Bertz CT molecular complexity index is 352. The summed E-state index contributed by atoms with van der Waals surface area (Å²) in [5.41, 5.74) is -0.840. The van der Waals surface area contributed by atoms with E-state index in [2.05, 4.69) is 0 Å². The van der Waals surface area contributed by atoms with Crippen molar-refractivity contribution in [3.63, 3.8) is 0 Å². The van der Waals surface area contributed by atoms with Gasteiger partial charge in [0, 0.05) is 19.1 Å². The van der Waals surface area contributed by atoms with Gasteiger partial charge in [-0.1, -0.05) is 6.92 Å². The highest BCUT2D eigenvalue weighted by Gasteiger charge is 2.54. The summed E-state index contributed by atoms with van der Waals surface area (Å²) in [4.78, 5) is 12.2. The molecular weight excluding hydrogens is 260 g/mol. The van der Waals surface area contributed by atoms with Gasteiger partial charge in [-0.15, -0.1) is 0 Å². The van der Waals surface area contributed by atoms with Gasteiger partial charge >= 0.3 is 5.97 Å². The molecule has 2 saturated carbocycles. The second-order valence-corrected chi connectivity index (χ2v) is 6.60. The fourth-order valence-corrected chi connectivity index (χ4v) is 3.83. The smallest absolute Gasteiger partial charge is 0.314 e. The maximum absolute atomic E-state index is 12.2. The first kappa shape index (κ1) is 15.7. The van der Waals surface area contributed by atoms with E-state index in [-0.39, 0.29) is 49.6 Å². The van der Waals surface area contributed by atoms with E-state index in [9.17, 15) is 20.1 Å². The first-order valence-electron chi connectivity index (χ1n) is 7.54. The van der Waals surface area contributed by atoms with Crippen LogP contribution in [0.15, 0.2) is 0 Å². The molecule has 0 aromatic heterocycles. The third-order valence-electron chi connectivity index (χ3n) is 5.60. The van der Waals surface area contributed by atoms with Crippen LogP contribution >= 0.6 is 0 Å². The van der Waals surface area contributed by atoms with Gasteiger partial charge in [0.05, 0.1) is 12.0 Å². The molecule has 5 heteroatoms. The number of aliphatic hydroxyl groups is 3. The van der Waals surface area contributed by atoms with E-state index in [1.807, 2.05) is 6.92 Å². The molecule has 3 N–H and O–H groups in total. The Hall–Kier alpha value is -0.650. The van der Waals surface area contributed by atoms with Crippen LogP contribution in [0.1, 0.15) is 33.1 Å². The summed E-state index contributed by atoms with van der Waals surface area (Å²) in [6.07, 6.45) is 2.04. The summed E-state index contributed by atoms with van der Waals surface area (Å²) in [5, 5.41) is 28.3. The Balaban J connectivity index is 2.01. The Morgan fingerprint density at radius 3 is 2.35 bits per heavy atom. The van der Waals surface area contributed by atoms with E-state index in [4.69, 9.17) is 4.74 Å². The van der Waals surface area contributed by atoms with Crippen molar-refractivity contribution in [3.8, 4) is 0 Å². The van der Waals surface area contributed by atoms with E-state index < -0.39 is 5.41 Å². The molecule has 0 heterocycles. The van der Waals surface area contributed by atoms with Crippen molar-refractivity contribution >= 4 is 5.97 Å². The van der Waals surface area contributed by atoms with Crippen LogP contribution in [-0.2, 0) is 9.53 Å². The molecule has 0 aromatic rings. The van der Waals surface area contributed by atoms with Crippen LogP contribution in [0.25, 0.3) is 0 Å². The van der Waals surface area contributed by atoms with Crippen molar-refractivity contribution in [1.82, 2.24) is 0 Å². The molecule has 0 aromatic carbocycles. The largest absolute Gasteiger partial charge is 0.462 e. The van der Waals surface area contributed by atoms with E-state index in [0.717, 1.165) is 12.8 Å². The number of carbonyl (C=O) groups excluding carboxylic acids is 1. The number of carbonyl (C=O) groups is 1. The van der Waals surface area contributed by atoms with Crippen molar-refractivity contribution in [2.24, 2.45) is 29.1 Å². The minimum Gasteiger partial charge on any atom is -0.462 e. The lowest BCUT2D eigenvalue weighted by atomic mass is 9.78. The number of rotatable bonds is 6. The maximum atomic E-state index is 12.2. The van der Waals surface area contributed by atoms with Gasteiger partial charge in [-0.05, 0) is 43.9 Å². The molecule has 0 saturated heterocycles. The summed E-state index contributed by atoms with van der Waals surface area (Å²) in [6.45, 7) is 3.48. The van der Waals surface area contributed by atoms with Crippen molar-refractivity contribution in [2.45, 2.75) is 39.2 Å². The van der Waals surface area contributed by atoms with Gasteiger partial charge in [0.1, 0.15) is 6.10 Å². The molecule has 2 bridgehead atoms. The van der Waals surface area contributed by atoms with Crippen LogP contribution in [0.5, 0.6) is 0 Å². The normalized spacial score (nSPS) is 38.8. The molecule has 6 unspecified atom stereocenters. The van der Waals surface area contributed by atoms with Crippen molar-refractivity contribution < 1.29 is 24.9 Å². The zero-order valence-corrected chi connectivity index (χ0v) is 12.3. The van der Waals surface area contributed by atoms with E-state index in [0.29, 0.717) is 12.3 Å². The highest BCUT2D eigenvalue weighted by atomic mass is 16.5. The highest BCUT2D eigenvalue weighted by molar-refractivity contribution is 5.76. The van der Waals surface area contributed by atoms with Crippen LogP contribution in [0.2, 0.25) is 0 Å². The number of ether oxygens (including phenoxy) is 1. The molecule has 5 nitrogen and oxygen atoms in total. The minimum absolute atomic E-state index is 0.0264. The molecule has 6 atom stereocenters. The average Bonchev–Trinajstić information content (AvgIpc) is 3.02.